The van der Waals surface area contributed by atoms with E-state index in [1.165, 1.54) is 12.1 Å². The van der Waals surface area contributed by atoms with E-state index in [1.54, 1.807) is 12.1 Å². The molecule has 3 aromatic carbocycles. The van der Waals surface area contributed by atoms with Crippen molar-refractivity contribution in [2.24, 2.45) is 0 Å². The van der Waals surface area contributed by atoms with Crippen LogP contribution in [0.25, 0.3) is 11.1 Å². The Morgan fingerprint density at radius 1 is 1.03 bits per heavy atom. The molecule has 1 saturated carbocycles. The van der Waals surface area contributed by atoms with Gasteiger partial charge < -0.3 is 19.7 Å². The average Bonchev–Trinajstić information content (AvgIpc) is 3.59. The summed E-state index contributed by atoms with van der Waals surface area (Å²) in [5.74, 6) is 1.55. The van der Waals surface area contributed by atoms with E-state index in [-0.39, 0.29) is 24.0 Å². The van der Waals surface area contributed by atoms with E-state index in [0.717, 1.165) is 40.7 Å². The first-order chi connectivity index (χ1) is 17.7. The van der Waals surface area contributed by atoms with Gasteiger partial charge in [0.2, 0.25) is 16.8 Å². The van der Waals surface area contributed by atoms with Gasteiger partial charge in [0, 0.05) is 13.0 Å². The van der Waals surface area contributed by atoms with Gasteiger partial charge in [-0.05, 0) is 71.8 Å². The molecule has 194 valence electrons. The second kappa shape index (κ2) is 9.90. The van der Waals surface area contributed by atoms with Crippen LogP contribution in [0.5, 0.6) is 11.5 Å². The molecule has 2 aliphatic rings. The molecule has 8 nitrogen and oxygen atoms in total. The van der Waals surface area contributed by atoms with Crippen LogP contribution in [-0.4, -0.2) is 50.5 Å². The zero-order valence-corrected chi connectivity index (χ0v) is 21.3. The van der Waals surface area contributed by atoms with Gasteiger partial charge in [-0.3, -0.25) is 4.79 Å². The van der Waals surface area contributed by atoms with Crippen LogP contribution >= 0.6 is 0 Å². The highest BCUT2D eigenvalue weighted by molar-refractivity contribution is 7.89. The Hall–Kier alpha value is -3.24. The number of carbonyl (C=O) groups is 1. The fraction of sp³-hybridized carbons (Fsp3) is 0.321. The fourth-order valence-electron chi connectivity index (χ4n) is 4.66. The fourth-order valence-corrected chi connectivity index (χ4v) is 5.73. The molecule has 5 rings (SSSR count). The van der Waals surface area contributed by atoms with E-state index < -0.39 is 28.1 Å². The van der Waals surface area contributed by atoms with Crippen LogP contribution in [0.15, 0.2) is 65.6 Å². The zero-order chi connectivity index (χ0) is 26.2. The minimum Gasteiger partial charge on any atom is -0.454 e. The molecule has 0 aromatic heterocycles. The summed E-state index contributed by atoms with van der Waals surface area (Å²) in [5.41, 5.74) is 4.13. The number of ether oxygens (including phenoxy) is 2. The van der Waals surface area contributed by atoms with Gasteiger partial charge in [-0.25, -0.2) is 13.1 Å². The summed E-state index contributed by atoms with van der Waals surface area (Å²) in [6, 6.07) is 18.1. The molecular formula is C28H29NO7S. The smallest absolute Gasteiger partial charge is 0.240 e. The van der Waals surface area contributed by atoms with Crippen molar-refractivity contribution in [1.82, 2.24) is 4.72 Å². The Morgan fingerprint density at radius 3 is 2.46 bits per heavy atom. The number of benzene rings is 3. The highest BCUT2D eigenvalue weighted by atomic mass is 32.2. The Labute approximate surface area is 215 Å². The molecule has 0 saturated heterocycles. The molecule has 0 unspecified atom stereocenters. The monoisotopic (exact) mass is 523 g/mol. The van der Waals surface area contributed by atoms with Crippen LogP contribution in [0.3, 0.4) is 0 Å². The SMILES string of the molecule is Cc1ccc(CC(=O)C2(c3ccc4c(c3)OCO4)CC2)cc1-c1ccc(S(=O)(=O)NC[C@H](O)CO)cc1. The van der Waals surface area contributed by atoms with Gasteiger partial charge in [0.05, 0.1) is 23.0 Å². The number of sulfonamides is 1. The molecule has 1 atom stereocenters. The first kappa shape index (κ1) is 25.4. The second-order valence-corrected chi connectivity index (χ2v) is 11.4. The first-order valence-electron chi connectivity index (χ1n) is 12.1. The van der Waals surface area contributed by atoms with Crippen LogP contribution in [0.2, 0.25) is 0 Å². The van der Waals surface area contributed by atoms with Crippen molar-refractivity contribution in [3.05, 3.63) is 77.4 Å². The summed E-state index contributed by atoms with van der Waals surface area (Å²) in [4.78, 5) is 13.5. The summed E-state index contributed by atoms with van der Waals surface area (Å²) in [6.45, 7) is 1.36. The summed E-state index contributed by atoms with van der Waals surface area (Å²) in [7, 11) is -3.82. The maximum absolute atomic E-state index is 13.4. The number of aryl methyl sites for hydroxylation is 1. The third kappa shape index (κ3) is 5.13. The predicted molar refractivity (Wildman–Crippen MR) is 137 cm³/mol. The number of rotatable bonds is 10. The van der Waals surface area contributed by atoms with Crippen LogP contribution in [0.1, 0.15) is 29.5 Å². The molecule has 3 aromatic rings. The molecule has 9 heteroatoms. The van der Waals surface area contributed by atoms with Crippen molar-refractivity contribution in [3.63, 3.8) is 0 Å². The second-order valence-electron chi connectivity index (χ2n) is 9.61. The van der Waals surface area contributed by atoms with Crippen molar-refractivity contribution in [2.45, 2.75) is 42.6 Å². The van der Waals surface area contributed by atoms with Gasteiger partial charge in [0.1, 0.15) is 5.78 Å². The van der Waals surface area contributed by atoms with E-state index in [4.69, 9.17) is 14.6 Å². The lowest BCUT2D eigenvalue weighted by Gasteiger charge is -2.16. The number of hydrogen-bond donors (Lipinski definition) is 3. The number of carbonyl (C=O) groups excluding carboxylic acids is 1. The van der Waals surface area contributed by atoms with Gasteiger partial charge >= 0.3 is 0 Å². The number of hydrogen-bond acceptors (Lipinski definition) is 7. The maximum Gasteiger partial charge on any atom is 0.240 e. The van der Waals surface area contributed by atoms with Gasteiger partial charge in [-0.2, -0.15) is 0 Å². The molecule has 1 aliphatic carbocycles. The van der Waals surface area contributed by atoms with E-state index in [1.807, 2.05) is 43.3 Å². The number of aliphatic hydroxyl groups excluding tert-OH is 2. The van der Waals surface area contributed by atoms with E-state index in [0.29, 0.717) is 17.9 Å². The van der Waals surface area contributed by atoms with Gasteiger partial charge in [-0.1, -0.05) is 36.4 Å². The molecule has 0 bridgehead atoms. The largest absolute Gasteiger partial charge is 0.454 e. The highest BCUT2D eigenvalue weighted by Gasteiger charge is 2.50. The minimum atomic E-state index is -3.82. The lowest BCUT2D eigenvalue weighted by atomic mass is 9.87. The molecule has 1 fully saturated rings. The number of fused-ring (bicyclic) bond motifs is 1. The van der Waals surface area contributed by atoms with Crippen molar-refractivity contribution in [2.75, 3.05) is 19.9 Å². The van der Waals surface area contributed by atoms with Crippen molar-refractivity contribution in [1.29, 1.82) is 0 Å². The van der Waals surface area contributed by atoms with Crippen LogP contribution < -0.4 is 14.2 Å². The maximum atomic E-state index is 13.4. The topological polar surface area (TPSA) is 122 Å². The molecule has 0 radical (unpaired) electrons. The van der Waals surface area contributed by atoms with Gasteiger partial charge in [0.15, 0.2) is 11.5 Å². The Balaban J connectivity index is 1.33. The number of Topliss-reactive ketones (excluding diaryl/α,β-unsaturated/α-hetero) is 1. The Kier molecular flexibility index (Phi) is 6.80. The summed E-state index contributed by atoms with van der Waals surface area (Å²) in [5, 5.41) is 18.3. The van der Waals surface area contributed by atoms with E-state index in [2.05, 4.69) is 4.72 Å². The average molecular weight is 524 g/mol. The van der Waals surface area contributed by atoms with Gasteiger partial charge in [0.25, 0.3) is 0 Å². The highest BCUT2D eigenvalue weighted by Crippen LogP contribution is 2.51. The molecule has 0 amide bonds. The minimum absolute atomic E-state index is 0.0600. The first-order valence-corrected chi connectivity index (χ1v) is 13.6. The molecule has 37 heavy (non-hydrogen) atoms. The Bertz CT molecular complexity index is 1430. The molecule has 1 aliphatic heterocycles. The molecule has 3 N–H and O–H groups in total. The Morgan fingerprint density at radius 2 is 1.76 bits per heavy atom. The van der Waals surface area contributed by atoms with Crippen LogP contribution in [-0.2, 0) is 26.7 Å². The molecule has 0 spiro atoms. The molecule has 1 heterocycles. The lowest BCUT2D eigenvalue weighted by molar-refractivity contribution is -0.120. The number of nitrogens with one attached hydrogen (secondary N) is 1. The summed E-state index contributed by atoms with van der Waals surface area (Å²) < 4.78 is 38.1. The standard InChI is InChI=1S/C28H29NO7S/c1-18-2-3-19(13-27(32)28(10-11-28)21-6-9-25-26(14-21)36-17-35-25)12-24(18)20-4-7-23(8-5-20)37(33,34)29-15-22(31)16-30/h2-9,12,14,22,29-31H,10-11,13,15-17H2,1H3/t22-/m0/s1. The quantitative estimate of drug-likeness (QED) is 0.374. The van der Waals surface area contributed by atoms with Crippen molar-refractivity contribution >= 4 is 15.8 Å². The lowest BCUT2D eigenvalue weighted by Crippen LogP contribution is -2.33. The van der Waals surface area contributed by atoms with E-state index in [9.17, 15) is 18.3 Å². The van der Waals surface area contributed by atoms with Gasteiger partial charge in [-0.15, -0.1) is 0 Å². The third-order valence-electron chi connectivity index (χ3n) is 7.07. The predicted octanol–water partition coefficient (Wildman–Crippen LogP) is 2.87. The van der Waals surface area contributed by atoms with Crippen molar-refractivity contribution in [3.8, 4) is 22.6 Å². The van der Waals surface area contributed by atoms with E-state index >= 15 is 0 Å². The van der Waals surface area contributed by atoms with Crippen LogP contribution in [0.4, 0.5) is 0 Å². The van der Waals surface area contributed by atoms with Crippen molar-refractivity contribution < 1.29 is 32.9 Å². The summed E-state index contributed by atoms with van der Waals surface area (Å²) >= 11 is 0. The number of ketones is 1. The third-order valence-corrected chi connectivity index (χ3v) is 8.51. The molecular weight excluding hydrogens is 494 g/mol. The number of aliphatic hydroxyl groups is 2. The normalized spacial score (nSPS) is 16.4. The van der Waals surface area contributed by atoms with Crippen LogP contribution in [0, 0.1) is 6.92 Å². The summed E-state index contributed by atoms with van der Waals surface area (Å²) in [6.07, 6.45) is 0.750. The zero-order valence-electron chi connectivity index (χ0n) is 20.4.